The van der Waals surface area contributed by atoms with Gasteiger partial charge in [-0.3, -0.25) is 0 Å². The maximum atomic E-state index is 9.28. The highest BCUT2D eigenvalue weighted by atomic mass is 35.5. The van der Waals surface area contributed by atoms with Crippen molar-refractivity contribution in [3.05, 3.63) is 51.8 Å². The molecule has 0 aliphatic rings. The Kier molecular flexibility index (Phi) is 3.27. The molecule has 0 saturated heterocycles. The van der Waals surface area contributed by atoms with E-state index in [9.17, 15) is 5.11 Å². The normalized spacial score (nSPS) is 10.9. The van der Waals surface area contributed by atoms with E-state index >= 15 is 0 Å². The number of benzene rings is 1. The molecule has 2 aromatic rings. The quantitative estimate of drug-likeness (QED) is 0.865. The largest absolute Gasteiger partial charge is 0.392 e. The lowest BCUT2D eigenvalue weighted by Crippen LogP contribution is -2.01. The van der Waals surface area contributed by atoms with Crippen molar-refractivity contribution in [1.82, 2.24) is 4.57 Å². The number of hydrogen-bond acceptors (Lipinski definition) is 1. The highest BCUT2D eigenvalue weighted by molar-refractivity contribution is 6.30. The van der Waals surface area contributed by atoms with Crippen molar-refractivity contribution >= 4 is 11.6 Å². The van der Waals surface area contributed by atoms with Gasteiger partial charge in [0, 0.05) is 22.1 Å². The van der Waals surface area contributed by atoms with E-state index in [1.165, 1.54) is 0 Å². The van der Waals surface area contributed by atoms with E-state index in [1.807, 2.05) is 45.0 Å². The van der Waals surface area contributed by atoms with Crippen LogP contribution >= 0.6 is 11.6 Å². The molecular formula is C14H16ClNO. The molecule has 0 saturated carbocycles. The van der Waals surface area contributed by atoms with Crippen molar-refractivity contribution in [3.63, 3.8) is 0 Å². The molecule has 1 aromatic carbocycles. The lowest BCUT2D eigenvalue weighted by atomic mass is 10.2. The summed E-state index contributed by atoms with van der Waals surface area (Å²) >= 11 is 5.97. The second kappa shape index (κ2) is 4.55. The smallest absolute Gasteiger partial charge is 0.0699 e. The van der Waals surface area contributed by atoms with Crippen LogP contribution in [-0.4, -0.2) is 9.67 Å². The first-order chi connectivity index (χ1) is 8.04. The molecule has 0 amide bonds. The lowest BCUT2D eigenvalue weighted by Gasteiger charge is -2.13. The molecule has 0 radical (unpaired) electrons. The predicted molar refractivity (Wildman–Crippen MR) is 70.9 cm³/mol. The molecule has 3 heteroatoms. The lowest BCUT2D eigenvalue weighted by molar-refractivity contribution is 0.281. The third kappa shape index (κ3) is 2.11. The molecule has 90 valence electrons. The summed E-state index contributed by atoms with van der Waals surface area (Å²) < 4.78 is 2.15. The Morgan fingerprint density at radius 1 is 1.18 bits per heavy atom. The van der Waals surface area contributed by atoms with Crippen LogP contribution in [0.1, 0.15) is 22.5 Å². The molecule has 1 N–H and O–H groups in total. The van der Waals surface area contributed by atoms with Gasteiger partial charge in [0.1, 0.15) is 0 Å². The number of nitrogens with zero attached hydrogens (tertiary/aromatic N) is 1. The fraction of sp³-hybridized carbons (Fsp3) is 0.286. The molecule has 2 nitrogen and oxygen atoms in total. The van der Waals surface area contributed by atoms with Gasteiger partial charge in [-0.15, -0.1) is 0 Å². The van der Waals surface area contributed by atoms with E-state index in [0.717, 1.165) is 33.2 Å². The van der Waals surface area contributed by atoms with Gasteiger partial charge in [-0.25, -0.2) is 0 Å². The summed E-state index contributed by atoms with van der Waals surface area (Å²) in [6.07, 6.45) is 0. The van der Waals surface area contributed by atoms with Crippen molar-refractivity contribution in [2.45, 2.75) is 27.4 Å². The number of aryl methyl sites for hydroxylation is 2. The Balaban J connectivity index is 2.64. The van der Waals surface area contributed by atoms with Gasteiger partial charge in [0.05, 0.1) is 6.61 Å². The van der Waals surface area contributed by atoms with Crippen molar-refractivity contribution in [3.8, 4) is 5.69 Å². The van der Waals surface area contributed by atoms with Crippen LogP contribution in [0.15, 0.2) is 24.3 Å². The average Bonchev–Trinajstić information content (AvgIpc) is 2.55. The molecule has 1 heterocycles. The van der Waals surface area contributed by atoms with E-state index < -0.39 is 0 Å². The van der Waals surface area contributed by atoms with Gasteiger partial charge in [0.25, 0.3) is 0 Å². The summed E-state index contributed by atoms with van der Waals surface area (Å²) in [6, 6.07) is 7.87. The minimum Gasteiger partial charge on any atom is -0.392 e. The minimum absolute atomic E-state index is 0.0757. The Labute approximate surface area is 106 Å². The fourth-order valence-corrected chi connectivity index (χ4v) is 2.46. The number of halogens is 1. The molecule has 0 atom stereocenters. The van der Waals surface area contributed by atoms with Crippen LogP contribution in [0.3, 0.4) is 0 Å². The Morgan fingerprint density at radius 2 is 1.88 bits per heavy atom. The Bertz CT molecular complexity index is 558. The maximum absolute atomic E-state index is 9.28. The molecule has 0 unspecified atom stereocenters. The zero-order valence-electron chi connectivity index (χ0n) is 10.3. The maximum Gasteiger partial charge on any atom is 0.0699 e. The van der Waals surface area contributed by atoms with Crippen molar-refractivity contribution in [2.24, 2.45) is 0 Å². The number of aliphatic hydroxyl groups excluding tert-OH is 1. The molecule has 0 fully saturated rings. The Hall–Kier alpha value is -1.25. The second-order valence-corrected chi connectivity index (χ2v) is 4.76. The summed E-state index contributed by atoms with van der Waals surface area (Å²) in [5.41, 5.74) is 5.41. The zero-order valence-corrected chi connectivity index (χ0v) is 11.0. The summed E-state index contributed by atoms with van der Waals surface area (Å²) in [5.74, 6) is 0. The number of aromatic nitrogens is 1. The average molecular weight is 250 g/mol. The SMILES string of the molecule is Cc1cc(Cl)ccc1-n1c(C)cc(CO)c1C. The molecular weight excluding hydrogens is 234 g/mol. The molecule has 2 rings (SSSR count). The summed E-state index contributed by atoms with van der Waals surface area (Å²) in [4.78, 5) is 0. The van der Waals surface area contributed by atoms with Gasteiger partial charge in [0.2, 0.25) is 0 Å². The van der Waals surface area contributed by atoms with Crippen LogP contribution in [0.5, 0.6) is 0 Å². The van der Waals surface area contributed by atoms with Crippen LogP contribution < -0.4 is 0 Å². The van der Waals surface area contributed by atoms with Gasteiger partial charge in [-0.05, 0) is 56.2 Å². The number of rotatable bonds is 2. The van der Waals surface area contributed by atoms with Gasteiger partial charge in [0.15, 0.2) is 0 Å². The monoisotopic (exact) mass is 249 g/mol. The van der Waals surface area contributed by atoms with Gasteiger partial charge < -0.3 is 9.67 Å². The molecule has 0 aliphatic carbocycles. The molecule has 0 aliphatic heterocycles. The van der Waals surface area contributed by atoms with Crippen molar-refractivity contribution in [1.29, 1.82) is 0 Å². The minimum atomic E-state index is 0.0757. The van der Waals surface area contributed by atoms with Crippen LogP contribution in [0.4, 0.5) is 0 Å². The summed E-state index contributed by atoms with van der Waals surface area (Å²) in [5, 5.41) is 10.0. The predicted octanol–water partition coefficient (Wildman–Crippen LogP) is 3.55. The molecule has 0 bridgehead atoms. The first-order valence-corrected chi connectivity index (χ1v) is 5.97. The van der Waals surface area contributed by atoms with Crippen molar-refractivity contribution < 1.29 is 5.11 Å². The third-order valence-electron chi connectivity index (χ3n) is 3.11. The van der Waals surface area contributed by atoms with E-state index in [2.05, 4.69) is 4.57 Å². The molecule has 17 heavy (non-hydrogen) atoms. The van der Waals surface area contributed by atoms with Gasteiger partial charge in [-0.1, -0.05) is 11.6 Å². The van der Waals surface area contributed by atoms with E-state index in [-0.39, 0.29) is 6.61 Å². The van der Waals surface area contributed by atoms with E-state index in [1.54, 1.807) is 0 Å². The first kappa shape index (κ1) is 12.2. The highest BCUT2D eigenvalue weighted by Crippen LogP contribution is 2.25. The number of hydrogen-bond donors (Lipinski definition) is 1. The molecule has 0 spiro atoms. The van der Waals surface area contributed by atoms with Gasteiger partial charge in [-0.2, -0.15) is 0 Å². The third-order valence-corrected chi connectivity index (χ3v) is 3.34. The molecule has 1 aromatic heterocycles. The standard InChI is InChI=1S/C14H16ClNO/c1-9-6-13(15)4-5-14(9)16-10(2)7-12(8-17)11(16)3/h4-7,17H,8H2,1-3H3. The topological polar surface area (TPSA) is 25.2 Å². The van der Waals surface area contributed by atoms with E-state index in [0.29, 0.717) is 0 Å². The number of aliphatic hydroxyl groups is 1. The second-order valence-electron chi connectivity index (χ2n) is 4.32. The van der Waals surface area contributed by atoms with Crippen molar-refractivity contribution in [2.75, 3.05) is 0 Å². The Morgan fingerprint density at radius 3 is 2.41 bits per heavy atom. The van der Waals surface area contributed by atoms with Crippen LogP contribution in [0.2, 0.25) is 5.02 Å². The first-order valence-electron chi connectivity index (χ1n) is 5.59. The summed E-state index contributed by atoms with van der Waals surface area (Å²) in [7, 11) is 0. The van der Waals surface area contributed by atoms with Gasteiger partial charge >= 0.3 is 0 Å². The van der Waals surface area contributed by atoms with Crippen LogP contribution in [0, 0.1) is 20.8 Å². The summed E-state index contributed by atoms with van der Waals surface area (Å²) in [6.45, 7) is 6.18. The van der Waals surface area contributed by atoms with Crippen LogP contribution in [0.25, 0.3) is 5.69 Å². The van der Waals surface area contributed by atoms with Crippen LogP contribution in [-0.2, 0) is 6.61 Å². The zero-order chi connectivity index (χ0) is 12.6. The highest BCUT2D eigenvalue weighted by Gasteiger charge is 2.11. The van der Waals surface area contributed by atoms with E-state index in [4.69, 9.17) is 11.6 Å². The fourth-order valence-electron chi connectivity index (χ4n) is 2.23.